The van der Waals surface area contributed by atoms with Crippen LogP contribution < -0.4 is 4.74 Å². The minimum Gasteiger partial charge on any atom is -0.497 e. The van der Waals surface area contributed by atoms with Crippen LogP contribution in [0.15, 0.2) is 24.3 Å². The molecular formula is C21H30N2O4. The van der Waals surface area contributed by atoms with Gasteiger partial charge in [0.1, 0.15) is 5.75 Å². The van der Waals surface area contributed by atoms with Crippen LogP contribution in [0.25, 0.3) is 0 Å². The van der Waals surface area contributed by atoms with E-state index >= 15 is 0 Å². The molecule has 2 aliphatic rings. The molecule has 2 aliphatic heterocycles. The summed E-state index contributed by atoms with van der Waals surface area (Å²) in [6.45, 7) is 4.57. The van der Waals surface area contributed by atoms with E-state index < -0.39 is 5.97 Å². The van der Waals surface area contributed by atoms with Crippen molar-refractivity contribution in [2.75, 3.05) is 39.8 Å². The maximum atomic E-state index is 12.9. The van der Waals surface area contributed by atoms with E-state index in [1.807, 2.05) is 4.90 Å². The van der Waals surface area contributed by atoms with Gasteiger partial charge in [0.15, 0.2) is 0 Å². The number of nitrogens with zero attached hydrogens (tertiary/aromatic N) is 2. The lowest BCUT2D eigenvalue weighted by atomic mass is 9.81. The summed E-state index contributed by atoms with van der Waals surface area (Å²) < 4.78 is 5.16. The van der Waals surface area contributed by atoms with Crippen molar-refractivity contribution in [2.24, 2.45) is 11.8 Å². The molecule has 6 nitrogen and oxygen atoms in total. The number of hydrogen-bond donors (Lipinski definition) is 1. The standard InChI is InChI=1S/C21H30N2O4/c1-27-19-6-4-16(5-7-19)21(26)23-13-9-17(14-20(24)25)18(15-23)8-12-22-10-2-3-11-22/h4-7,17-18H,2-3,8-15H2,1H3,(H,24,25). The number of ether oxygens (including phenoxy) is 1. The molecule has 6 heteroatoms. The zero-order valence-corrected chi connectivity index (χ0v) is 16.1. The monoisotopic (exact) mass is 374 g/mol. The highest BCUT2D eigenvalue weighted by molar-refractivity contribution is 5.94. The van der Waals surface area contributed by atoms with Gasteiger partial charge in [-0.1, -0.05) is 0 Å². The first-order chi connectivity index (χ1) is 13.1. The van der Waals surface area contributed by atoms with E-state index in [-0.39, 0.29) is 24.2 Å². The third-order valence-electron chi connectivity index (χ3n) is 5.97. The lowest BCUT2D eigenvalue weighted by Gasteiger charge is -2.39. The number of amides is 1. The zero-order valence-electron chi connectivity index (χ0n) is 16.1. The van der Waals surface area contributed by atoms with Gasteiger partial charge >= 0.3 is 5.97 Å². The minimum atomic E-state index is -0.735. The maximum Gasteiger partial charge on any atom is 0.303 e. The highest BCUT2D eigenvalue weighted by Gasteiger charge is 2.33. The molecule has 2 heterocycles. The van der Waals surface area contributed by atoms with E-state index in [1.54, 1.807) is 31.4 Å². The summed E-state index contributed by atoms with van der Waals surface area (Å²) in [7, 11) is 1.61. The number of benzene rings is 1. The Balaban J connectivity index is 1.64. The molecule has 2 saturated heterocycles. The van der Waals surface area contributed by atoms with Crippen LogP contribution >= 0.6 is 0 Å². The Hall–Kier alpha value is -2.08. The Kier molecular flexibility index (Phi) is 6.72. The predicted molar refractivity (Wildman–Crippen MR) is 103 cm³/mol. The Morgan fingerprint density at radius 3 is 2.44 bits per heavy atom. The molecule has 148 valence electrons. The van der Waals surface area contributed by atoms with Gasteiger partial charge in [-0.05, 0) is 81.4 Å². The fourth-order valence-corrected chi connectivity index (χ4v) is 4.36. The molecule has 1 N–H and O–H groups in total. The summed E-state index contributed by atoms with van der Waals surface area (Å²) in [5.41, 5.74) is 0.658. The second-order valence-corrected chi connectivity index (χ2v) is 7.72. The minimum absolute atomic E-state index is 0.0256. The molecule has 2 unspecified atom stereocenters. The summed E-state index contributed by atoms with van der Waals surface area (Å²) in [4.78, 5) is 28.5. The number of carboxylic acids is 1. The molecule has 1 aromatic carbocycles. The molecular weight excluding hydrogens is 344 g/mol. The van der Waals surface area contributed by atoms with E-state index in [1.165, 1.54) is 12.8 Å². The third kappa shape index (κ3) is 5.22. The fraction of sp³-hybridized carbons (Fsp3) is 0.619. The van der Waals surface area contributed by atoms with E-state index in [2.05, 4.69) is 4.90 Å². The van der Waals surface area contributed by atoms with Gasteiger partial charge in [0, 0.05) is 25.1 Å². The van der Waals surface area contributed by atoms with Crippen molar-refractivity contribution in [2.45, 2.75) is 32.1 Å². The van der Waals surface area contributed by atoms with Crippen LogP contribution in [-0.2, 0) is 4.79 Å². The van der Waals surface area contributed by atoms with Crippen LogP contribution in [0.3, 0.4) is 0 Å². The van der Waals surface area contributed by atoms with Gasteiger partial charge in [0.2, 0.25) is 0 Å². The SMILES string of the molecule is COc1ccc(C(=O)N2CCC(CC(=O)O)C(CCN3CCCC3)C2)cc1. The summed E-state index contributed by atoms with van der Waals surface area (Å²) in [6.07, 6.45) is 4.44. The Bertz CT molecular complexity index is 640. The largest absolute Gasteiger partial charge is 0.497 e. The van der Waals surface area contributed by atoms with Gasteiger partial charge in [0.25, 0.3) is 5.91 Å². The van der Waals surface area contributed by atoms with Crippen molar-refractivity contribution >= 4 is 11.9 Å². The molecule has 0 aliphatic carbocycles. The molecule has 0 bridgehead atoms. The van der Waals surface area contributed by atoms with Crippen molar-refractivity contribution in [3.8, 4) is 5.75 Å². The molecule has 0 saturated carbocycles. The van der Waals surface area contributed by atoms with E-state index in [0.29, 0.717) is 18.7 Å². The van der Waals surface area contributed by atoms with Crippen molar-refractivity contribution < 1.29 is 19.4 Å². The third-order valence-corrected chi connectivity index (χ3v) is 5.97. The van der Waals surface area contributed by atoms with Gasteiger partial charge in [-0.2, -0.15) is 0 Å². The lowest BCUT2D eigenvalue weighted by molar-refractivity contribution is -0.139. The number of carbonyl (C=O) groups is 2. The van der Waals surface area contributed by atoms with Gasteiger partial charge in [-0.15, -0.1) is 0 Å². The number of carboxylic acid groups (broad SMARTS) is 1. The number of carbonyl (C=O) groups excluding carboxylic acids is 1. The van der Waals surface area contributed by atoms with Crippen LogP contribution in [-0.4, -0.2) is 66.6 Å². The van der Waals surface area contributed by atoms with Crippen LogP contribution in [0.1, 0.15) is 42.5 Å². The summed E-state index contributed by atoms with van der Waals surface area (Å²) >= 11 is 0. The highest BCUT2D eigenvalue weighted by Crippen LogP contribution is 2.30. The first-order valence-electron chi connectivity index (χ1n) is 9.94. The normalized spacial score (nSPS) is 23.4. The summed E-state index contributed by atoms with van der Waals surface area (Å²) in [5, 5.41) is 9.26. The van der Waals surface area contributed by atoms with Crippen LogP contribution in [0.4, 0.5) is 0 Å². The molecule has 3 rings (SSSR count). The topological polar surface area (TPSA) is 70.1 Å². The first-order valence-corrected chi connectivity index (χ1v) is 9.94. The zero-order chi connectivity index (χ0) is 19.2. The van der Waals surface area contributed by atoms with Gasteiger partial charge < -0.3 is 19.6 Å². The molecule has 2 atom stereocenters. The second-order valence-electron chi connectivity index (χ2n) is 7.72. The van der Waals surface area contributed by atoms with Crippen molar-refractivity contribution in [1.82, 2.24) is 9.80 Å². The van der Waals surface area contributed by atoms with Crippen LogP contribution in [0, 0.1) is 11.8 Å². The molecule has 0 aromatic heterocycles. The van der Waals surface area contributed by atoms with Crippen molar-refractivity contribution in [3.63, 3.8) is 0 Å². The quantitative estimate of drug-likeness (QED) is 0.795. The number of hydrogen-bond acceptors (Lipinski definition) is 4. The number of aliphatic carboxylic acids is 1. The smallest absolute Gasteiger partial charge is 0.303 e. The number of rotatable bonds is 7. The molecule has 2 fully saturated rings. The summed E-state index contributed by atoms with van der Waals surface area (Å²) in [6, 6.07) is 7.19. The molecule has 1 aromatic rings. The average molecular weight is 374 g/mol. The fourth-order valence-electron chi connectivity index (χ4n) is 4.36. The number of methoxy groups -OCH3 is 1. The Labute approximate surface area is 161 Å². The highest BCUT2D eigenvalue weighted by atomic mass is 16.5. The van der Waals surface area contributed by atoms with Gasteiger partial charge in [-0.3, -0.25) is 9.59 Å². The number of likely N-dealkylation sites (tertiary alicyclic amines) is 2. The van der Waals surface area contributed by atoms with Crippen molar-refractivity contribution in [3.05, 3.63) is 29.8 Å². The average Bonchev–Trinajstić information content (AvgIpc) is 3.20. The Morgan fingerprint density at radius 2 is 1.81 bits per heavy atom. The number of piperidine rings is 1. The van der Waals surface area contributed by atoms with E-state index in [9.17, 15) is 14.7 Å². The first kappa shape index (κ1) is 19.7. The molecule has 27 heavy (non-hydrogen) atoms. The Morgan fingerprint density at radius 1 is 1.11 bits per heavy atom. The maximum absolute atomic E-state index is 12.9. The van der Waals surface area contributed by atoms with E-state index in [0.717, 1.165) is 38.2 Å². The predicted octanol–water partition coefficient (Wildman–Crippen LogP) is 2.73. The van der Waals surface area contributed by atoms with Crippen LogP contribution in [0.5, 0.6) is 5.75 Å². The van der Waals surface area contributed by atoms with Gasteiger partial charge in [-0.25, -0.2) is 0 Å². The van der Waals surface area contributed by atoms with E-state index in [4.69, 9.17) is 4.74 Å². The van der Waals surface area contributed by atoms with Crippen LogP contribution in [0.2, 0.25) is 0 Å². The van der Waals surface area contributed by atoms with Gasteiger partial charge in [0.05, 0.1) is 7.11 Å². The second kappa shape index (κ2) is 9.22. The molecule has 0 radical (unpaired) electrons. The van der Waals surface area contributed by atoms with Crippen molar-refractivity contribution in [1.29, 1.82) is 0 Å². The lowest BCUT2D eigenvalue weighted by Crippen LogP contribution is -2.45. The summed E-state index contributed by atoms with van der Waals surface area (Å²) in [5.74, 6) is 0.427. The molecule has 0 spiro atoms. The molecule has 1 amide bonds.